The van der Waals surface area contributed by atoms with Gasteiger partial charge in [0.05, 0.1) is 0 Å². The molecule has 0 aliphatic rings. The highest BCUT2D eigenvalue weighted by molar-refractivity contribution is 7.97. The Morgan fingerprint density at radius 3 is 1.58 bits per heavy atom. The second kappa shape index (κ2) is 10.7. The number of benzene rings is 5. The monoisotopic (exact) mass is 491 g/mol. The van der Waals surface area contributed by atoms with Crippen LogP contribution in [0.3, 0.4) is 0 Å². The average molecular weight is 492 g/mol. The minimum Gasteiger partial charge on any atom is -0.489 e. The number of hydrogen-bond donors (Lipinski definition) is 0. The average Bonchev–Trinajstić information content (AvgIpc) is 2.93. The molecule has 0 spiro atoms. The van der Waals surface area contributed by atoms with Crippen molar-refractivity contribution in [3.05, 3.63) is 121 Å². The Balaban J connectivity index is 1.69. The van der Waals surface area contributed by atoms with Crippen LogP contribution in [0.4, 0.5) is 0 Å². The molecule has 178 valence electrons. The molecule has 0 atom stereocenters. The third-order valence-corrected chi connectivity index (χ3v) is 8.24. The number of ether oxygens (including phenoxy) is 2. The van der Waals surface area contributed by atoms with Crippen molar-refractivity contribution >= 4 is 38.4 Å². The van der Waals surface area contributed by atoms with E-state index in [9.17, 15) is 4.79 Å². The highest BCUT2D eigenvalue weighted by Gasteiger charge is 2.33. The van der Waals surface area contributed by atoms with Crippen molar-refractivity contribution in [3.63, 3.8) is 0 Å². The zero-order valence-corrected chi connectivity index (χ0v) is 21.0. The topological polar surface area (TPSA) is 35.5 Å². The molecule has 5 aromatic carbocycles. The molecule has 36 heavy (non-hydrogen) atoms. The third kappa shape index (κ3) is 4.73. The first kappa shape index (κ1) is 23.7. The summed E-state index contributed by atoms with van der Waals surface area (Å²) in [4.78, 5) is 15.6. The van der Waals surface area contributed by atoms with Crippen molar-refractivity contribution in [2.45, 2.75) is 21.6 Å². The molecule has 0 aliphatic carbocycles. The molecule has 0 radical (unpaired) electrons. The fraction of sp³-hybridized carbons (Fsp3) is 0.0938. The van der Waals surface area contributed by atoms with E-state index in [4.69, 9.17) is 9.47 Å². The lowest BCUT2D eigenvalue weighted by molar-refractivity contribution is -0.139. The molecule has 0 amide bonds. The maximum absolute atomic E-state index is 11.8. The number of carbonyl (C=O) groups is 1. The van der Waals surface area contributed by atoms with E-state index >= 15 is 0 Å². The van der Waals surface area contributed by atoms with Gasteiger partial charge in [0, 0.05) is 27.1 Å². The van der Waals surface area contributed by atoms with E-state index in [1.165, 1.54) is 14.7 Å². The normalized spacial score (nSPS) is 11.1. The summed E-state index contributed by atoms with van der Waals surface area (Å²) in [5.41, 5.74) is 0.379. The first-order valence-electron chi connectivity index (χ1n) is 11.9. The summed E-state index contributed by atoms with van der Waals surface area (Å²) in [6.07, 6.45) is 0. The third-order valence-electron chi connectivity index (χ3n) is 5.91. The molecule has 5 rings (SSSR count). The van der Waals surface area contributed by atoms with E-state index in [0.29, 0.717) is 5.57 Å². The fourth-order valence-electron chi connectivity index (χ4n) is 4.31. The van der Waals surface area contributed by atoms with Gasteiger partial charge >= 0.3 is 5.97 Å². The molecule has 0 saturated carbocycles. The van der Waals surface area contributed by atoms with Gasteiger partial charge in [-0.3, -0.25) is 0 Å². The molecular formula is C32H27O3S+. The molecule has 5 aromatic rings. The van der Waals surface area contributed by atoms with Gasteiger partial charge in [0.25, 0.3) is 0 Å². The van der Waals surface area contributed by atoms with E-state index in [0.717, 1.165) is 27.3 Å². The van der Waals surface area contributed by atoms with E-state index in [1.54, 1.807) is 6.92 Å². The molecule has 0 fully saturated rings. The van der Waals surface area contributed by atoms with Crippen LogP contribution in [0.25, 0.3) is 21.5 Å². The van der Waals surface area contributed by atoms with E-state index < -0.39 is 5.97 Å². The summed E-state index contributed by atoms with van der Waals surface area (Å²) in [6.45, 7) is 5.69. The van der Waals surface area contributed by atoms with Gasteiger partial charge in [0.1, 0.15) is 29.9 Å². The number of carbonyl (C=O) groups excluding carboxylic acids is 1. The predicted octanol–water partition coefficient (Wildman–Crippen LogP) is 7.59. The minimum absolute atomic E-state index is 0.161. The Labute approximate surface area is 214 Å². The van der Waals surface area contributed by atoms with Crippen LogP contribution in [-0.4, -0.2) is 19.2 Å². The van der Waals surface area contributed by atoms with Crippen LogP contribution in [0.1, 0.15) is 6.92 Å². The van der Waals surface area contributed by atoms with Crippen LogP contribution in [0.15, 0.2) is 136 Å². The van der Waals surface area contributed by atoms with Gasteiger partial charge in [-0.2, -0.15) is 0 Å². The van der Waals surface area contributed by atoms with Crippen LogP contribution in [0.5, 0.6) is 5.75 Å². The van der Waals surface area contributed by atoms with E-state index in [2.05, 4.69) is 104 Å². The number of hydrogen-bond acceptors (Lipinski definition) is 3. The van der Waals surface area contributed by atoms with Gasteiger partial charge in [-0.25, -0.2) is 4.79 Å². The second-order valence-corrected chi connectivity index (χ2v) is 10.4. The molecule has 0 aromatic heterocycles. The largest absolute Gasteiger partial charge is 0.489 e. The molecule has 3 nitrogen and oxygen atoms in total. The van der Waals surface area contributed by atoms with Crippen molar-refractivity contribution in [2.24, 2.45) is 0 Å². The highest BCUT2D eigenvalue weighted by atomic mass is 32.2. The van der Waals surface area contributed by atoms with Crippen LogP contribution < -0.4 is 4.74 Å². The van der Waals surface area contributed by atoms with Crippen molar-refractivity contribution < 1.29 is 14.3 Å². The first-order valence-corrected chi connectivity index (χ1v) is 13.1. The van der Waals surface area contributed by atoms with Gasteiger partial charge in [-0.15, -0.1) is 0 Å². The van der Waals surface area contributed by atoms with Crippen LogP contribution in [-0.2, 0) is 20.4 Å². The van der Waals surface area contributed by atoms with Gasteiger partial charge in [-0.1, -0.05) is 79.4 Å². The molecule has 0 bridgehead atoms. The van der Waals surface area contributed by atoms with Crippen molar-refractivity contribution in [1.29, 1.82) is 0 Å². The maximum Gasteiger partial charge on any atom is 0.333 e. The molecular weight excluding hydrogens is 464 g/mol. The molecule has 0 aliphatic heterocycles. The smallest absolute Gasteiger partial charge is 0.333 e. The lowest BCUT2D eigenvalue weighted by Crippen LogP contribution is -2.13. The quantitative estimate of drug-likeness (QED) is 0.0738. The standard InChI is InChI=1S/C32H27O3S/c1-23(2)32(33)35-22-21-34-30-26-17-9-11-19-28(26)31(29-20-12-10-18-27(29)30)36(24-13-5-3-6-14-24)25-15-7-4-8-16-25/h3-20H,1,21-22H2,2H3/q+1. The van der Waals surface area contributed by atoms with Gasteiger partial charge < -0.3 is 9.47 Å². The van der Waals surface area contributed by atoms with Crippen molar-refractivity contribution in [2.75, 3.05) is 13.2 Å². The van der Waals surface area contributed by atoms with E-state index in [-0.39, 0.29) is 24.1 Å². The second-order valence-electron chi connectivity index (χ2n) is 8.45. The Morgan fingerprint density at radius 1 is 0.667 bits per heavy atom. The van der Waals surface area contributed by atoms with Crippen LogP contribution >= 0.6 is 0 Å². The Hall–Kier alpha value is -4.02. The SMILES string of the molecule is C=C(C)C(=O)OCCOc1c2ccccc2c([S+](c2ccccc2)c2ccccc2)c2ccccc12. The Kier molecular flexibility index (Phi) is 7.06. The number of fused-ring (bicyclic) bond motifs is 2. The molecule has 0 N–H and O–H groups in total. The van der Waals surface area contributed by atoms with Crippen LogP contribution in [0.2, 0.25) is 0 Å². The Bertz CT molecular complexity index is 1430. The predicted molar refractivity (Wildman–Crippen MR) is 148 cm³/mol. The summed E-state index contributed by atoms with van der Waals surface area (Å²) >= 11 is 0. The molecule has 0 heterocycles. The van der Waals surface area contributed by atoms with Gasteiger partial charge in [-0.05, 0) is 43.3 Å². The summed E-state index contributed by atoms with van der Waals surface area (Å²) in [5.74, 6) is 0.402. The molecule has 0 unspecified atom stereocenters. The Morgan fingerprint density at radius 2 is 1.11 bits per heavy atom. The van der Waals surface area contributed by atoms with E-state index in [1.807, 2.05) is 12.1 Å². The molecule has 0 saturated heterocycles. The zero-order chi connectivity index (χ0) is 24.9. The lowest BCUT2D eigenvalue weighted by atomic mass is 10.0. The lowest BCUT2D eigenvalue weighted by Gasteiger charge is -2.17. The molecule has 4 heteroatoms. The van der Waals surface area contributed by atoms with Gasteiger partial charge in [0.15, 0.2) is 14.7 Å². The fourth-order valence-corrected chi connectivity index (χ4v) is 6.71. The minimum atomic E-state index is -0.404. The number of rotatable bonds is 8. The summed E-state index contributed by atoms with van der Waals surface area (Å²) in [5, 5.41) is 4.39. The van der Waals surface area contributed by atoms with Gasteiger partial charge in [0.2, 0.25) is 0 Å². The summed E-state index contributed by atoms with van der Waals surface area (Å²) in [6, 6.07) is 38.2. The van der Waals surface area contributed by atoms with Crippen molar-refractivity contribution in [3.8, 4) is 5.75 Å². The number of esters is 1. The maximum atomic E-state index is 11.8. The zero-order valence-electron chi connectivity index (χ0n) is 20.1. The van der Waals surface area contributed by atoms with Crippen LogP contribution in [0, 0.1) is 0 Å². The van der Waals surface area contributed by atoms with Crippen molar-refractivity contribution in [1.82, 2.24) is 0 Å². The summed E-state index contributed by atoms with van der Waals surface area (Å²) < 4.78 is 11.6. The summed E-state index contributed by atoms with van der Waals surface area (Å²) in [7, 11) is -0.325. The first-order chi connectivity index (χ1) is 17.6. The highest BCUT2D eigenvalue weighted by Crippen LogP contribution is 2.45.